The SMILES string of the molecule is CCC1(C)NC(=O)N=C1N. The van der Waals surface area contributed by atoms with Crippen molar-refractivity contribution in [1.29, 1.82) is 0 Å². The van der Waals surface area contributed by atoms with E-state index in [1.54, 1.807) is 0 Å². The Morgan fingerprint density at radius 2 is 2.40 bits per heavy atom. The van der Waals surface area contributed by atoms with Gasteiger partial charge in [0.15, 0.2) is 0 Å². The maximum absolute atomic E-state index is 10.6. The zero-order valence-corrected chi connectivity index (χ0v) is 6.14. The third kappa shape index (κ3) is 0.853. The van der Waals surface area contributed by atoms with E-state index in [0.717, 1.165) is 6.42 Å². The Morgan fingerprint density at radius 1 is 1.80 bits per heavy atom. The molecule has 0 aromatic heterocycles. The van der Waals surface area contributed by atoms with Crippen LogP contribution in [0.1, 0.15) is 20.3 Å². The van der Waals surface area contributed by atoms with E-state index < -0.39 is 5.54 Å². The fourth-order valence-corrected chi connectivity index (χ4v) is 0.830. The lowest BCUT2D eigenvalue weighted by atomic mass is 9.99. The second kappa shape index (κ2) is 1.97. The number of nitrogens with zero attached hydrogens (tertiary/aromatic N) is 1. The van der Waals surface area contributed by atoms with Gasteiger partial charge in [0, 0.05) is 0 Å². The van der Waals surface area contributed by atoms with Crippen LogP contribution in [0.15, 0.2) is 4.99 Å². The van der Waals surface area contributed by atoms with Gasteiger partial charge in [0.1, 0.15) is 5.84 Å². The first-order valence-electron chi connectivity index (χ1n) is 3.25. The second-order valence-corrected chi connectivity index (χ2v) is 2.61. The highest BCUT2D eigenvalue weighted by Crippen LogP contribution is 2.14. The van der Waals surface area contributed by atoms with E-state index in [9.17, 15) is 4.79 Å². The molecule has 4 nitrogen and oxygen atoms in total. The molecule has 0 radical (unpaired) electrons. The molecule has 10 heavy (non-hydrogen) atoms. The van der Waals surface area contributed by atoms with Crippen molar-refractivity contribution in [2.24, 2.45) is 10.7 Å². The van der Waals surface area contributed by atoms with E-state index in [4.69, 9.17) is 5.73 Å². The number of nitrogens with one attached hydrogen (secondary N) is 1. The topological polar surface area (TPSA) is 67.5 Å². The number of aliphatic imine (C=N–C) groups is 1. The van der Waals surface area contributed by atoms with E-state index in [1.165, 1.54) is 0 Å². The van der Waals surface area contributed by atoms with E-state index in [2.05, 4.69) is 10.3 Å². The predicted molar refractivity (Wildman–Crippen MR) is 38.9 cm³/mol. The largest absolute Gasteiger partial charge is 0.385 e. The maximum Gasteiger partial charge on any atom is 0.343 e. The Morgan fingerprint density at radius 3 is 2.60 bits per heavy atom. The average molecular weight is 141 g/mol. The van der Waals surface area contributed by atoms with Crippen molar-refractivity contribution in [3.8, 4) is 0 Å². The Balaban J connectivity index is 2.86. The number of hydrogen-bond acceptors (Lipinski definition) is 2. The van der Waals surface area contributed by atoms with E-state index in [0.29, 0.717) is 5.84 Å². The van der Waals surface area contributed by atoms with Gasteiger partial charge in [-0.1, -0.05) is 6.92 Å². The van der Waals surface area contributed by atoms with Gasteiger partial charge in [-0.3, -0.25) is 0 Å². The quantitative estimate of drug-likeness (QED) is 0.549. The molecular weight excluding hydrogens is 130 g/mol. The molecule has 1 heterocycles. The molecule has 1 rings (SSSR count). The summed E-state index contributed by atoms with van der Waals surface area (Å²) < 4.78 is 0. The smallest absolute Gasteiger partial charge is 0.343 e. The Hall–Kier alpha value is -1.06. The third-order valence-corrected chi connectivity index (χ3v) is 1.88. The predicted octanol–water partition coefficient (Wildman–Crippen LogP) is 0.236. The minimum atomic E-state index is -0.406. The van der Waals surface area contributed by atoms with Crippen LogP contribution in [0.25, 0.3) is 0 Å². The van der Waals surface area contributed by atoms with Gasteiger partial charge in [-0.25, -0.2) is 4.79 Å². The van der Waals surface area contributed by atoms with Crippen molar-refractivity contribution in [2.75, 3.05) is 0 Å². The highest BCUT2D eigenvalue weighted by molar-refractivity contribution is 6.05. The Bertz CT molecular complexity index is 199. The standard InChI is InChI=1S/C6H11N3O/c1-3-6(2)4(7)8-5(10)9-6/h3H2,1-2H3,(H3,7,8,9,10). The number of amidine groups is 1. The average Bonchev–Trinajstić information content (AvgIpc) is 2.09. The van der Waals surface area contributed by atoms with Crippen LogP contribution in [-0.4, -0.2) is 17.4 Å². The molecule has 0 aliphatic carbocycles. The summed E-state index contributed by atoms with van der Waals surface area (Å²) in [5.41, 5.74) is 5.08. The summed E-state index contributed by atoms with van der Waals surface area (Å²) >= 11 is 0. The summed E-state index contributed by atoms with van der Waals surface area (Å²) in [5.74, 6) is 0.389. The van der Waals surface area contributed by atoms with Gasteiger partial charge in [-0.2, -0.15) is 4.99 Å². The zero-order chi connectivity index (χ0) is 7.78. The lowest BCUT2D eigenvalue weighted by Crippen LogP contribution is -2.48. The summed E-state index contributed by atoms with van der Waals surface area (Å²) in [7, 11) is 0. The number of rotatable bonds is 1. The molecule has 1 atom stereocenters. The zero-order valence-electron chi connectivity index (χ0n) is 6.14. The minimum absolute atomic E-state index is 0.332. The molecule has 1 aliphatic heterocycles. The number of urea groups is 1. The number of amides is 2. The van der Waals surface area contributed by atoms with Crippen LogP contribution in [-0.2, 0) is 0 Å². The monoisotopic (exact) mass is 141 g/mol. The van der Waals surface area contributed by atoms with Crippen LogP contribution in [0.3, 0.4) is 0 Å². The van der Waals surface area contributed by atoms with Gasteiger partial charge in [0.2, 0.25) is 0 Å². The number of nitrogens with two attached hydrogens (primary N) is 1. The van der Waals surface area contributed by atoms with Gasteiger partial charge >= 0.3 is 6.03 Å². The van der Waals surface area contributed by atoms with Crippen LogP contribution < -0.4 is 11.1 Å². The molecule has 2 amide bonds. The highest BCUT2D eigenvalue weighted by atomic mass is 16.2. The third-order valence-electron chi connectivity index (χ3n) is 1.88. The fraction of sp³-hybridized carbons (Fsp3) is 0.667. The minimum Gasteiger partial charge on any atom is -0.385 e. The van der Waals surface area contributed by atoms with Crippen LogP contribution >= 0.6 is 0 Å². The molecule has 0 bridgehead atoms. The molecule has 0 fully saturated rings. The maximum atomic E-state index is 10.6. The number of carbonyl (C=O) groups excluding carboxylic acids is 1. The summed E-state index contributed by atoms with van der Waals surface area (Å²) in [6, 6.07) is -0.332. The van der Waals surface area contributed by atoms with Crippen LogP contribution in [0.2, 0.25) is 0 Å². The lowest BCUT2D eigenvalue weighted by molar-refractivity contribution is 0.246. The first-order chi connectivity index (χ1) is 4.58. The molecule has 0 saturated heterocycles. The van der Waals surface area contributed by atoms with Crippen LogP contribution in [0, 0.1) is 0 Å². The molecule has 1 unspecified atom stereocenters. The van der Waals surface area contributed by atoms with Crippen LogP contribution in [0.5, 0.6) is 0 Å². The van der Waals surface area contributed by atoms with Gasteiger partial charge in [0.05, 0.1) is 5.54 Å². The summed E-state index contributed by atoms with van der Waals surface area (Å²) in [6.45, 7) is 3.81. The molecule has 1 aliphatic rings. The molecule has 3 N–H and O–H groups in total. The van der Waals surface area contributed by atoms with Crippen LogP contribution in [0.4, 0.5) is 4.79 Å². The number of carbonyl (C=O) groups is 1. The van der Waals surface area contributed by atoms with E-state index in [-0.39, 0.29) is 6.03 Å². The van der Waals surface area contributed by atoms with Crippen molar-refractivity contribution >= 4 is 11.9 Å². The highest BCUT2D eigenvalue weighted by Gasteiger charge is 2.34. The first-order valence-corrected chi connectivity index (χ1v) is 3.25. The number of hydrogen-bond donors (Lipinski definition) is 2. The molecule has 0 aromatic carbocycles. The van der Waals surface area contributed by atoms with Crippen molar-refractivity contribution in [3.05, 3.63) is 0 Å². The molecule has 0 spiro atoms. The van der Waals surface area contributed by atoms with Crippen molar-refractivity contribution in [2.45, 2.75) is 25.8 Å². The molecular formula is C6H11N3O. The fourth-order valence-electron chi connectivity index (χ4n) is 0.830. The Labute approximate surface area is 59.5 Å². The molecule has 56 valence electrons. The van der Waals surface area contributed by atoms with Gasteiger partial charge in [0.25, 0.3) is 0 Å². The van der Waals surface area contributed by atoms with Crippen molar-refractivity contribution in [1.82, 2.24) is 5.32 Å². The molecule has 0 saturated carbocycles. The molecule has 4 heteroatoms. The first kappa shape index (κ1) is 7.05. The second-order valence-electron chi connectivity index (χ2n) is 2.61. The Kier molecular flexibility index (Phi) is 1.39. The summed E-state index contributed by atoms with van der Waals surface area (Å²) in [6.07, 6.45) is 0.772. The van der Waals surface area contributed by atoms with Crippen molar-refractivity contribution in [3.63, 3.8) is 0 Å². The van der Waals surface area contributed by atoms with E-state index in [1.807, 2.05) is 13.8 Å². The normalized spacial score (nSPS) is 31.8. The summed E-state index contributed by atoms with van der Waals surface area (Å²) in [4.78, 5) is 14.2. The van der Waals surface area contributed by atoms with Gasteiger partial charge < -0.3 is 11.1 Å². The summed E-state index contributed by atoms with van der Waals surface area (Å²) in [5, 5.41) is 2.66. The molecule has 0 aromatic rings. The van der Waals surface area contributed by atoms with Crippen molar-refractivity contribution < 1.29 is 4.79 Å². The van der Waals surface area contributed by atoms with Gasteiger partial charge in [-0.05, 0) is 13.3 Å². The van der Waals surface area contributed by atoms with E-state index >= 15 is 0 Å². The lowest BCUT2D eigenvalue weighted by Gasteiger charge is -2.20. The van der Waals surface area contributed by atoms with Gasteiger partial charge in [-0.15, -0.1) is 0 Å².